The van der Waals surface area contributed by atoms with E-state index in [0.717, 1.165) is 45.1 Å². The number of carbonyl (C=O) groups excluding carboxylic acids is 2. The molecule has 0 bridgehead atoms. The molecule has 12 heteroatoms. The second-order valence-corrected chi connectivity index (χ2v) is 13.6. The van der Waals surface area contributed by atoms with E-state index in [1.807, 2.05) is 33.8 Å². The minimum atomic E-state index is -0.898. The monoisotopic (exact) mass is 637 g/mol. The summed E-state index contributed by atoms with van der Waals surface area (Å²) in [5.74, 6) is -2.29. The van der Waals surface area contributed by atoms with Gasteiger partial charge in [-0.2, -0.15) is 12.6 Å². The number of carboxylic acid groups (broad SMARTS) is 2. The molecule has 0 aromatic carbocycles. The largest absolute Gasteiger partial charge is 0.481 e. The van der Waals surface area contributed by atoms with E-state index in [0.29, 0.717) is 37.8 Å². The van der Waals surface area contributed by atoms with E-state index in [-0.39, 0.29) is 53.8 Å². The molecule has 1 unspecified atom stereocenters. The van der Waals surface area contributed by atoms with Crippen molar-refractivity contribution in [3.8, 4) is 0 Å². The van der Waals surface area contributed by atoms with Crippen LogP contribution in [0.1, 0.15) is 69.0 Å². The van der Waals surface area contributed by atoms with Crippen LogP contribution >= 0.6 is 12.6 Å². The Bertz CT molecular complexity index is 1550. The molecular weight excluding hydrogens is 594 g/mol. The molecule has 5 heterocycles. The topological polar surface area (TPSA) is 183 Å². The molecule has 7 N–H and O–H groups in total. The van der Waals surface area contributed by atoms with Crippen LogP contribution in [0.25, 0.3) is 6.08 Å². The zero-order valence-electron chi connectivity index (χ0n) is 26.2. The van der Waals surface area contributed by atoms with Crippen molar-refractivity contribution in [3.63, 3.8) is 0 Å². The Kier molecular flexibility index (Phi) is 9.10. The first-order valence-corrected chi connectivity index (χ1v) is 16.0. The van der Waals surface area contributed by atoms with Crippen LogP contribution < -0.4 is 21.3 Å². The van der Waals surface area contributed by atoms with E-state index in [1.165, 1.54) is 0 Å². The Hall–Kier alpha value is -3.77. The highest BCUT2D eigenvalue weighted by atomic mass is 32.1. The minimum Gasteiger partial charge on any atom is -0.481 e. The van der Waals surface area contributed by atoms with Crippen LogP contribution in [0, 0.1) is 18.8 Å². The molecule has 1 aromatic heterocycles. The van der Waals surface area contributed by atoms with E-state index in [2.05, 4.69) is 45.5 Å². The van der Waals surface area contributed by atoms with Gasteiger partial charge < -0.3 is 36.5 Å². The van der Waals surface area contributed by atoms with Gasteiger partial charge in [0.2, 0.25) is 5.91 Å². The van der Waals surface area contributed by atoms with Crippen LogP contribution in [0.3, 0.4) is 0 Å². The smallest absolute Gasteiger partial charge is 0.303 e. The number of aromatic amines is 1. The standard InChI is InChI=1S/C33H43N5O6S/c1-6-19-15(2)23(37-32(19)44)13-27-33(14-34-33)21(8-10-29(41)42)25(36-27)12-24-20(7-9-28(39)40)16(3)22(35-24)11-26-30(18(5)45)17(4)31(43)38-26/h6,11,17-18,23,27,30,34-36,45H,1,7-10,12-14H2,2-5H3,(H,37,44)(H,38,43)(H,39,40)(H,41,42)/b26-11-/t17-,18-,23-,27?,30+,33-/m1/s1. The number of rotatable bonds is 13. The number of thiol groups is 1. The summed E-state index contributed by atoms with van der Waals surface area (Å²) in [7, 11) is 0. The van der Waals surface area contributed by atoms with Gasteiger partial charge in [0, 0.05) is 71.2 Å². The van der Waals surface area contributed by atoms with Gasteiger partial charge in [-0.15, -0.1) is 0 Å². The molecule has 0 radical (unpaired) electrons. The lowest BCUT2D eigenvalue weighted by Crippen LogP contribution is -2.44. The van der Waals surface area contributed by atoms with E-state index in [1.54, 1.807) is 6.08 Å². The summed E-state index contributed by atoms with van der Waals surface area (Å²) >= 11 is 4.64. The maximum Gasteiger partial charge on any atom is 0.303 e. The second kappa shape index (κ2) is 12.6. The SMILES string of the molecule is C=CC1=C(C)[C@@H](CC2NC(Cc3[nH]c(/C=C4\NC(=O)[C@H](C)[C@H]4[C@@H](C)S)c(C)c3CCC(=O)O)=C(CCC(=O)O)[C@]23CN3)NC1=O. The molecule has 2 saturated heterocycles. The Morgan fingerprint density at radius 1 is 1.13 bits per heavy atom. The van der Waals surface area contributed by atoms with Gasteiger partial charge in [-0.25, -0.2) is 0 Å². The van der Waals surface area contributed by atoms with Crippen LogP contribution in [0.5, 0.6) is 0 Å². The van der Waals surface area contributed by atoms with E-state index in [9.17, 15) is 29.4 Å². The molecule has 5 rings (SSSR count). The number of aromatic nitrogens is 1. The summed E-state index contributed by atoms with van der Waals surface area (Å²) in [5, 5.41) is 32.3. The summed E-state index contributed by atoms with van der Waals surface area (Å²) in [6.45, 7) is 12.2. The van der Waals surface area contributed by atoms with Crippen LogP contribution in [-0.4, -0.2) is 68.4 Å². The first kappa shape index (κ1) is 32.6. The molecule has 6 atom stereocenters. The summed E-state index contributed by atoms with van der Waals surface area (Å²) < 4.78 is 0. The maximum absolute atomic E-state index is 12.5. The quantitative estimate of drug-likeness (QED) is 0.120. The zero-order chi connectivity index (χ0) is 32.8. The Morgan fingerprint density at radius 2 is 1.80 bits per heavy atom. The number of H-pyrrole nitrogens is 1. The van der Waals surface area contributed by atoms with E-state index < -0.39 is 17.5 Å². The third-order valence-electron chi connectivity index (χ3n) is 10.0. The van der Waals surface area contributed by atoms with Crippen LogP contribution in [0.4, 0.5) is 0 Å². The fourth-order valence-corrected chi connectivity index (χ4v) is 7.83. The summed E-state index contributed by atoms with van der Waals surface area (Å²) in [6, 6.07) is -0.265. The van der Waals surface area contributed by atoms with Crippen molar-refractivity contribution < 1.29 is 29.4 Å². The van der Waals surface area contributed by atoms with Gasteiger partial charge in [0.25, 0.3) is 5.91 Å². The molecular formula is C33H43N5O6S. The number of amides is 2. The number of aliphatic carboxylic acids is 2. The van der Waals surface area contributed by atoms with Gasteiger partial charge in [0.05, 0.1) is 17.6 Å². The number of carboxylic acids is 2. The molecule has 4 aliphatic heterocycles. The molecule has 11 nitrogen and oxygen atoms in total. The lowest BCUT2D eigenvalue weighted by atomic mass is 9.86. The summed E-state index contributed by atoms with van der Waals surface area (Å²) in [6.07, 6.45) is 5.15. The molecule has 242 valence electrons. The van der Waals surface area contributed by atoms with Gasteiger partial charge in [-0.1, -0.05) is 26.5 Å². The Balaban J connectivity index is 1.50. The average Bonchev–Trinajstić information content (AvgIpc) is 3.44. The van der Waals surface area contributed by atoms with Crippen molar-refractivity contribution in [2.75, 3.05) is 6.54 Å². The van der Waals surface area contributed by atoms with Gasteiger partial charge in [-0.3, -0.25) is 19.2 Å². The number of allylic oxidation sites excluding steroid dienone is 2. The predicted molar refractivity (Wildman–Crippen MR) is 173 cm³/mol. The van der Waals surface area contributed by atoms with Crippen molar-refractivity contribution in [1.29, 1.82) is 0 Å². The molecule has 1 spiro atoms. The Labute approximate surface area is 268 Å². The molecule has 2 amide bonds. The number of carbonyl (C=O) groups is 4. The molecule has 0 aliphatic carbocycles. The lowest BCUT2D eigenvalue weighted by Gasteiger charge is -2.25. The fraction of sp³-hybridized carbons (Fsp3) is 0.515. The molecule has 45 heavy (non-hydrogen) atoms. The fourth-order valence-electron chi connectivity index (χ4n) is 7.42. The minimum absolute atomic E-state index is 0.0233. The van der Waals surface area contributed by atoms with Gasteiger partial charge in [0.15, 0.2) is 0 Å². The van der Waals surface area contributed by atoms with Crippen molar-refractivity contribution in [2.45, 2.75) is 89.1 Å². The average molecular weight is 638 g/mol. The zero-order valence-corrected chi connectivity index (χ0v) is 27.1. The first-order valence-electron chi connectivity index (χ1n) is 15.5. The van der Waals surface area contributed by atoms with Gasteiger partial charge in [-0.05, 0) is 61.5 Å². The highest BCUT2D eigenvalue weighted by Crippen LogP contribution is 2.44. The third kappa shape index (κ3) is 6.22. The van der Waals surface area contributed by atoms with Crippen molar-refractivity contribution >= 4 is 42.5 Å². The van der Waals surface area contributed by atoms with Gasteiger partial charge >= 0.3 is 11.9 Å². The lowest BCUT2D eigenvalue weighted by molar-refractivity contribution is -0.138. The number of hydrogen-bond acceptors (Lipinski definition) is 7. The maximum atomic E-state index is 12.5. The molecule has 2 fully saturated rings. The van der Waals surface area contributed by atoms with Crippen molar-refractivity contribution in [2.24, 2.45) is 11.8 Å². The molecule has 4 aliphatic rings. The van der Waals surface area contributed by atoms with Crippen molar-refractivity contribution in [3.05, 3.63) is 63.3 Å². The normalized spacial score (nSPS) is 29.0. The predicted octanol–water partition coefficient (Wildman–Crippen LogP) is 2.75. The van der Waals surface area contributed by atoms with Crippen molar-refractivity contribution in [1.82, 2.24) is 26.3 Å². The second-order valence-electron chi connectivity index (χ2n) is 12.8. The first-order chi connectivity index (χ1) is 21.3. The van der Waals surface area contributed by atoms with Crippen LogP contribution in [-0.2, 0) is 32.0 Å². The van der Waals surface area contributed by atoms with Gasteiger partial charge in [0.1, 0.15) is 0 Å². The van der Waals surface area contributed by atoms with E-state index >= 15 is 0 Å². The third-order valence-corrected chi connectivity index (χ3v) is 10.3. The van der Waals surface area contributed by atoms with Crippen LogP contribution in [0.2, 0.25) is 0 Å². The molecule has 0 saturated carbocycles. The summed E-state index contributed by atoms with van der Waals surface area (Å²) in [4.78, 5) is 51.8. The highest BCUT2D eigenvalue weighted by molar-refractivity contribution is 7.80. The van der Waals surface area contributed by atoms with E-state index in [4.69, 9.17) is 0 Å². The highest BCUT2D eigenvalue weighted by Gasteiger charge is 2.57. The summed E-state index contributed by atoms with van der Waals surface area (Å²) in [5.41, 5.74) is 7.23. The number of hydrogen-bond donors (Lipinski definition) is 8. The number of nitrogens with one attached hydrogen (secondary N) is 5. The van der Waals surface area contributed by atoms with Crippen LogP contribution in [0.15, 0.2) is 40.8 Å². The Morgan fingerprint density at radius 3 is 2.38 bits per heavy atom. The molecule has 1 aromatic rings.